The van der Waals surface area contributed by atoms with Crippen molar-refractivity contribution in [3.05, 3.63) is 211 Å². The summed E-state index contributed by atoms with van der Waals surface area (Å²) >= 11 is 0. The molecular weight excluding hydrogens is 799 g/mol. The van der Waals surface area contributed by atoms with Crippen molar-refractivity contribution in [3.8, 4) is 44.5 Å². The maximum Gasteiger partial charge on any atom is 0.135 e. The van der Waals surface area contributed by atoms with Crippen molar-refractivity contribution >= 4 is 49.8 Å². The molecule has 0 aliphatic rings. The van der Waals surface area contributed by atoms with Crippen LogP contribution < -0.4 is 4.90 Å². The molecule has 0 N–H and O–H groups in total. The van der Waals surface area contributed by atoms with Crippen molar-refractivity contribution in [2.45, 2.75) is 78.6 Å². The van der Waals surface area contributed by atoms with Crippen LogP contribution in [-0.2, 0) is 16.2 Å². The quantitative estimate of drug-likeness (QED) is 0.159. The maximum atomic E-state index is 6.26. The molecule has 66 heavy (non-hydrogen) atoms. The van der Waals surface area contributed by atoms with Gasteiger partial charge in [0.25, 0.3) is 0 Å². The van der Waals surface area contributed by atoms with Crippen molar-refractivity contribution in [2.75, 3.05) is 4.90 Å². The van der Waals surface area contributed by atoms with Gasteiger partial charge in [-0.05, 0) is 120 Å². The zero-order valence-electron chi connectivity index (χ0n) is 39.8. The van der Waals surface area contributed by atoms with Crippen molar-refractivity contribution in [3.63, 3.8) is 0 Å². The Kier molecular flexibility index (Phi) is 10.6. The van der Waals surface area contributed by atoms with Crippen LogP contribution in [0.5, 0.6) is 0 Å². The number of anilines is 3. The fourth-order valence-corrected chi connectivity index (χ4v) is 9.55. The first-order valence-electron chi connectivity index (χ1n) is 23.4. The lowest BCUT2D eigenvalue weighted by Gasteiger charge is -2.31. The minimum Gasteiger partial charge on any atom is -0.456 e. The van der Waals surface area contributed by atoms with E-state index in [1.807, 2.05) is 12.1 Å². The molecule has 10 aromatic rings. The van der Waals surface area contributed by atoms with E-state index in [0.29, 0.717) is 0 Å². The number of hydrogen-bond donors (Lipinski definition) is 0. The second-order valence-electron chi connectivity index (χ2n) is 21.1. The number of fused-ring (bicyclic) bond motifs is 4. The van der Waals surface area contributed by atoms with Crippen LogP contribution >= 0.6 is 0 Å². The highest BCUT2D eigenvalue weighted by Gasteiger charge is 2.25. The standard InChI is InChI=1S/C64H59NO/c1-62(2,3)47-34-31-42(32-35-47)51-23-10-13-28-57(51)65(50-22-16-21-44(39-50)45-33-36-60-56(40-45)54-25-12-15-30-59(54)66-60)58-29-14-11-24-53(58)55-27-18-20-43-19-17-26-52(61(43)55)46-37-48(63(4,5)6)41-49(38-46)64(7,8)9/h10-41H,1-9H3. The van der Waals surface area contributed by atoms with Gasteiger partial charge < -0.3 is 9.32 Å². The first kappa shape index (κ1) is 42.8. The number of benzene rings is 9. The van der Waals surface area contributed by atoms with E-state index in [0.717, 1.165) is 61.3 Å². The van der Waals surface area contributed by atoms with Gasteiger partial charge >= 0.3 is 0 Å². The summed E-state index contributed by atoms with van der Waals surface area (Å²) in [5, 5.41) is 4.71. The zero-order valence-corrected chi connectivity index (χ0v) is 39.8. The molecule has 0 fully saturated rings. The largest absolute Gasteiger partial charge is 0.456 e. The van der Waals surface area contributed by atoms with Crippen molar-refractivity contribution in [1.82, 2.24) is 0 Å². The van der Waals surface area contributed by atoms with Crippen molar-refractivity contribution in [2.24, 2.45) is 0 Å². The third-order valence-corrected chi connectivity index (χ3v) is 13.3. The maximum absolute atomic E-state index is 6.26. The Morgan fingerprint density at radius 2 is 0.864 bits per heavy atom. The number of nitrogens with zero attached hydrogens (tertiary/aromatic N) is 1. The van der Waals surface area contributed by atoms with Gasteiger partial charge in [-0.25, -0.2) is 0 Å². The Balaban J connectivity index is 1.21. The molecule has 0 aliphatic carbocycles. The third kappa shape index (κ3) is 8.00. The average Bonchev–Trinajstić information content (AvgIpc) is 3.69. The predicted octanol–water partition coefficient (Wildman–Crippen LogP) is 18.8. The Hall–Kier alpha value is -7.16. The second kappa shape index (κ2) is 16.4. The molecule has 326 valence electrons. The average molecular weight is 858 g/mol. The van der Waals surface area contributed by atoms with E-state index in [4.69, 9.17) is 4.42 Å². The predicted molar refractivity (Wildman–Crippen MR) is 284 cm³/mol. The minimum atomic E-state index is -0.0103. The molecule has 1 heterocycles. The van der Waals surface area contributed by atoms with Gasteiger partial charge in [0.15, 0.2) is 0 Å². The fourth-order valence-electron chi connectivity index (χ4n) is 9.55. The highest BCUT2D eigenvalue weighted by atomic mass is 16.3. The molecule has 2 nitrogen and oxygen atoms in total. The number of para-hydroxylation sites is 3. The third-order valence-electron chi connectivity index (χ3n) is 13.3. The number of hydrogen-bond acceptors (Lipinski definition) is 2. The SMILES string of the molecule is CC(C)(C)c1ccc(-c2ccccc2N(c2cccc(-c3ccc4oc5ccccc5c4c3)c2)c2ccccc2-c2cccc3cccc(-c4cc(C(C)(C)C)cc(C(C)(C)C)c4)c23)cc1. The van der Waals surface area contributed by atoms with Gasteiger partial charge in [0.1, 0.15) is 11.2 Å². The van der Waals surface area contributed by atoms with E-state index in [2.05, 4.69) is 249 Å². The van der Waals surface area contributed by atoms with Gasteiger partial charge in [-0.1, -0.05) is 214 Å². The van der Waals surface area contributed by atoms with E-state index in [1.54, 1.807) is 0 Å². The molecule has 2 heteroatoms. The molecule has 0 spiro atoms. The number of furan rings is 1. The topological polar surface area (TPSA) is 16.4 Å². The lowest BCUT2D eigenvalue weighted by atomic mass is 9.78. The van der Waals surface area contributed by atoms with Crippen LogP contribution in [0, 0.1) is 0 Å². The summed E-state index contributed by atoms with van der Waals surface area (Å²) in [6.07, 6.45) is 0. The van der Waals surface area contributed by atoms with E-state index in [1.165, 1.54) is 49.7 Å². The Labute approximate surface area is 391 Å². The van der Waals surface area contributed by atoms with E-state index >= 15 is 0 Å². The lowest BCUT2D eigenvalue weighted by molar-refractivity contribution is 0.569. The van der Waals surface area contributed by atoms with Crippen LogP contribution in [-0.4, -0.2) is 0 Å². The first-order chi connectivity index (χ1) is 31.6. The van der Waals surface area contributed by atoms with Crippen LogP contribution in [0.15, 0.2) is 199 Å². The van der Waals surface area contributed by atoms with E-state index in [-0.39, 0.29) is 16.2 Å². The van der Waals surface area contributed by atoms with Crippen LogP contribution in [0.1, 0.15) is 79.0 Å². The lowest BCUT2D eigenvalue weighted by Crippen LogP contribution is -2.16. The molecule has 10 rings (SSSR count). The van der Waals surface area contributed by atoms with Crippen LogP contribution in [0.25, 0.3) is 77.2 Å². The molecule has 0 radical (unpaired) electrons. The molecule has 0 amide bonds. The van der Waals surface area contributed by atoms with E-state index < -0.39 is 0 Å². The smallest absolute Gasteiger partial charge is 0.135 e. The summed E-state index contributed by atoms with van der Waals surface area (Å²) in [4.78, 5) is 2.48. The monoisotopic (exact) mass is 857 g/mol. The van der Waals surface area contributed by atoms with Crippen molar-refractivity contribution < 1.29 is 4.42 Å². The first-order valence-corrected chi connectivity index (χ1v) is 23.4. The normalized spacial score (nSPS) is 12.3. The fraction of sp³-hybridized carbons (Fsp3) is 0.188. The summed E-state index contributed by atoms with van der Waals surface area (Å²) in [7, 11) is 0. The molecule has 0 bridgehead atoms. The van der Waals surface area contributed by atoms with E-state index in [9.17, 15) is 0 Å². The molecule has 0 aliphatic heterocycles. The van der Waals surface area contributed by atoms with Gasteiger partial charge in [0.2, 0.25) is 0 Å². The zero-order chi connectivity index (χ0) is 46.0. The van der Waals surface area contributed by atoms with Gasteiger partial charge in [0, 0.05) is 27.6 Å². The summed E-state index contributed by atoms with van der Waals surface area (Å²) < 4.78 is 6.26. The van der Waals surface area contributed by atoms with Gasteiger partial charge in [-0.3, -0.25) is 0 Å². The number of rotatable bonds is 7. The summed E-state index contributed by atoms with van der Waals surface area (Å²) in [5.74, 6) is 0. The van der Waals surface area contributed by atoms with Gasteiger partial charge in [-0.2, -0.15) is 0 Å². The molecule has 1 aromatic heterocycles. The molecule has 0 saturated carbocycles. The highest BCUT2D eigenvalue weighted by molar-refractivity contribution is 6.10. The Bertz CT molecular complexity index is 3380. The van der Waals surface area contributed by atoms with Gasteiger partial charge in [0.05, 0.1) is 11.4 Å². The highest BCUT2D eigenvalue weighted by Crippen LogP contribution is 2.48. The molecule has 9 aromatic carbocycles. The summed E-state index contributed by atoms with van der Waals surface area (Å²) in [6.45, 7) is 20.8. The second-order valence-corrected chi connectivity index (χ2v) is 21.1. The molecular formula is C64H59NO. The Morgan fingerprint density at radius 3 is 1.55 bits per heavy atom. The molecule has 0 saturated heterocycles. The molecule has 0 unspecified atom stereocenters. The van der Waals surface area contributed by atoms with Gasteiger partial charge in [-0.15, -0.1) is 0 Å². The van der Waals surface area contributed by atoms with Crippen molar-refractivity contribution in [1.29, 1.82) is 0 Å². The molecule has 0 atom stereocenters. The van der Waals surface area contributed by atoms with Crippen LogP contribution in [0.3, 0.4) is 0 Å². The Morgan fingerprint density at radius 1 is 0.333 bits per heavy atom. The minimum absolute atomic E-state index is 0.0103. The summed E-state index contributed by atoms with van der Waals surface area (Å²) in [5.41, 5.74) is 18.6. The summed E-state index contributed by atoms with van der Waals surface area (Å²) in [6, 6.07) is 71.8. The van der Waals surface area contributed by atoms with Crippen LogP contribution in [0.4, 0.5) is 17.1 Å². The van der Waals surface area contributed by atoms with Crippen LogP contribution in [0.2, 0.25) is 0 Å².